The van der Waals surface area contributed by atoms with Gasteiger partial charge in [-0.2, -0.15) is 0 Å². The van der Waals surface area contributed by atoms with Crippen LogP contribution in [0.15, 0.2) is 12.1 Å². The fourth-order valence-electron chi connectivity index (χ4n) is 1.83. The van der Waals surface area contributed by atoms with Gasteiger partial charge < -0.3 is 10.2 Å². The van der Waals surface area contributed by atoms with Crippen LogP contribution < -0.4 is 5.32 Å². The van der Waals surface area contributed by atoms with E-state index in [9.17, 15) is 14.9 Å². The molecule has 0 bridgehead atoms. The Labute approximate surface area is 102 Å². The van der Waals surface area contributed by atoms with Gasteiger partial charge >= 0.3 is 5.00 Å². The van der Waals surface area contributed by atoms with Crippen molar-refractivity contribution in [3.05, 3.63) is 27.1 Å². The molecule has 0 saturated carbocycles. The Morgan fingerprint density at radius 2 is 2.41 bits per heavy atom. The van der Waals surface area contributed by atoms with Gasteiger partial charge in [0, 0.05) is 31.7 Å². The van der Waals surface area contributed by atoms with Crippen LogP contribution in [0.25, 0.3) is 0 Å². The Morgan fingerprint density at radius 3 is 3.00 bits per heavy atom. The molecule has 0 spiro atoms. The highest BCUT2D eigenvalue weighted by molar-refractivity contribution is 7.17. The monoisotopic (exact) mass is 255 g/mol. The third-order valence-corrected chi connectivity index (χ3v) is 3.77. The molecule has 0 radical (unpaired) electrons. The normalized spacial score (nSPS) is 20.3. The molecule has 7 heteroatoms. The van der Waals surface area contributed by atoms with Gasteiger partial charge in [-0.3, -0.25) is 14.9 Å². The fraction of sp³-hybridized carbons (Fsp3) is 0.500. The van der Waals surface area contributed by atoms with Crippen LogP contribution in [0.5, 0.6) is 0 Å². The summed E-state index contributed by atoms with van der Waals surface area (Å²) in [6, 6.07) is 3.03. The summed E-state index contributed by atoms with van der Waals surface area (Å²) in [4.78, 5) is 24.4. The van der Waals surface area contributed by atoms with E-state index in [1.165, 1.54) is 12.1 Å². The van der Waals surface area contributed by atoms with Gasteiger partial charge in [-0.15, -0.1) is 0 Å². The van der Waals surface area contributed by atoms with E-state index in [0.29, 0.717) is 11.4 Å². The molecule has 1 aromatic rings. The molecule has 0 unspecified atom stereocenters. The van der Waals surface area contributed by atoms with E-state index in [-0.39, 0.29) is 17.0 Å². The zero-order valence-electron chi connectivity index (χ0n) is 9.38. The lowest BCUT2D eigenvalue weighted by molar-refractivity contribution is -0.380. The molecule has 2 heterocycles. The Kier molecular flexibility index (Phi) is 3.39. The summed E-state index contributed by atoms with van der Waals surface area (Å²) in [6.45, 7) is 4.14. The Hall–Kier alpha value is -1.47. The van der Waals surface area contributed by atoms with Crippen LogP contribution in [0, 0.1) is 10.1 Å². The molecule has 1 N–H and O–H groups in total. The quantitative estimate of drug-likeness (QED) is 0.634. The average molecular weight is 255 g/mol. The molecule has 1 fully saturated rings. The number of amides is 1. The molecular formula is C10H13N3O3S. The number of carbonyl (C=O) groups is 1. The maximum atomic E-state index is 12.1. The molecule has 6 nitrogen and oxygen atoms in total. The van der Waals surface area contributed by atoms with E-state index in [1.54, 1.807) is 4.90 Å². The summed E-state index contributed by atoms with van der Waals surface area (Å²) < 4.78 is 0. The predicted molar refractivity (Wildman–Crippen MR) is 64.3 cm³/mol. The zero-order valence-corrected chi connectivity index (χ0v) is 10.2. The topological polar surface area (TPSA) is 75.5 Å². The first kappa shape index (κ1) is 12.0. The molecule has 17 heavy (non-hydrogen) atoms. The van der Waals surface area contributed by atoms with Gasteiger partial charge in [0.2, 0.25) is 0 Å². The van der Waals surface area contributed by atoms with Crippen molar-refractivity contribution >= 4 is 22.2 Å². The van der Waals surface area contributed by atoms with Gasteiger partial charge in [0.15, 0.2) is 0 Å². The second-order valence-corrected chi connectivity index (χ2v) is 5.01. The van der Waals surface area contributed by atoms with E-state index in [4.69, 9.17) is 0 Å². The van der Waals surface area contributed by atoms with Crippen molar-refractivity contribution in [3.63, 3.8) is 0 Å². The Balaban J connectivity index is 2.15. The van der Waals surface area contributed by atoms with Crippen molar-refractivity contribution in [1.82, 2.24) is 10.2 Å². The summed E-state index contributed by atoms with van der Waals surface area (Å²) in [5.41, 5.74) is 0. The maximum absolute atomic E-state index is 12.1. The number of piperazine rings is 1. The third kappa shape index (κ3) is 2.45. The fourth-order valence-corrected chi connectivity index (χ4v) is 2.60. The predicted octanol–water partition coefficient (Wildman–Crippen LogP) is 1.09. The molecule has 1 amide bonds. The van der Waals surface area contributed by atoms with Crippen molar-refractivity contribution in [2.24, 2.45) is 0 Å². The highest BCUT2D eigenvalue weighted by atomic mass is 32.1. The number of nitrogens with one attached hydrogen (secondary N) is 1. The minimum Gasteiger partial charge on any atom is -0.333 e. The average Bonchev–Trinajstić information content (AvgIpc) is 2.78. The largest absolute Gasteiger partial charge is 0.333 e. The summed E-state index contributed by atoms with van der Waals surface area (Å²) in [7, 11) is 0. The van der Waals surface area contributed by atoms with Crippen LogP contribution in [0.2, 0.25) is 0 Å². The van der Waals surface area contributed by atoms with Crippen LogP contribution >= 0.6 is 11.3 Å². The second kappa shape index (κ2) is 4.80. The van der Waals surface area contributed by atoms with Gasteiger partial charge in [-0.1, -0.05) is 11.3 Å². The number of carbonyl (C=O) groups excluding carboxylic acids is 1. The summed E-state index contributed by atoms with van der Waals surface area (Å²) in [5.74, 6) is -0.114. The first-order valence-electron chi connectivity index (χ1n) is 5.35. The van der Waals surface area contributed by atoms with E-state index in [0.717, 1.165) is 24.4 Å². The van der Waals surface area contributed by atoms with E-state index >= 15 is 0 Å². The van der Waals surface area contributed by atoms with Crippen LogP contribution in [-0.4, -0.2) is 41.4 Å². The van der Waals surface area contributed by atoms with Crippen molar-refractivity contribution in [1.29, 1.82) is 0 Å². The molecule has 1 saturated heterocycles. The molecule has 0 aliphatic carbocycles. The number of rotatable bonds is 2. The van der Waals surface area contributed by atoms with Gasteiger partial charge in [-0.05, 0) is 13.0 Å². The summed E-state index contributed by atoms with van der Waals surface area (Å²) >= 11 is 0.934. The lowest BCUT2D eigenvalue weighted by atomic mass is 10.2. The van der Waals surface area contributed by atoms with Gasteiger partial charge in [0.25, 0.3) is 5.91 Å². The van der Waals surface area contributed by atoms with Gasteiger partial charge in [-0.25, -0.2) is 0 Å². The highest BCUT2D eigenvalue weighted by Gasteiger charge is 2.26. The number of nitrogens with zero attached hydrogens (tertiary/aromatic N) is 2. The van der Waals surface area contributed by atoms with Crippen molar-refractivity contribution < 1.29 is 9.72 Å². The zero-order chi connectivity index (χ0) is 12.4. The van der Waals surface area contributed by atoms with Crippen LogP contribution in [0.4, 0.5) is 5.00 Å². The molecule has 1 aliphatic rings. The summed E-state index contributed by atoms with van der Waals surface area (Å²) in [5, 5.41) is 13.8. The maximum Gasteiger partial charge on any atom is 0.324 e. The number of hydrogen-bond donors (Lipinski definition) is 1. The first-order valence-corrected chi connectivity index (χ1v) is 6.17. The minimum atomic E-state index is -0.470. The molecular weight excluding hydrogens is 242 g/mol. The third-order valence-electron chi connectivity index (χ3n) is 2.74. The number of thiophene rings is 1. The molecule has 1 aromatic heterocycles. The molecule has 0 aromatic carbocycles. The van der Waals surface area contributed by atoms with Crippen molar-refractivity contribution in [3.8, 4) is 0 Å². The molecule has 92 valence electrons. The number of hydrogen-bond acceptors (Lipinski definition) is 5. The molecule has 2 rings (SSSR count). The van der Waals surface area contributed by atoms with Crippen molar-refractivity contribution in [2.75, 3.05) is 19.6 Å². The van der Waals surface area contributed by atoms with E-state index < -0.39 is 4.92 Å². The van der Waals surface area contributed by atoms with E-state index in [1.807, 2.05) is 6.92 Å². The van der Waals surface area contributed by atoms with E-state index in [2.05, 4.69) is 5.32 Å². The standard InChI is InChI=1S/C10H13N3O3S/c1-7-6-11-4-5-12(7)10(14)8-2-3-9(17-8)13(15)16/h2-3,7,11H,4-6H2,1H3/t7-/m0/s1. The van der Waals surface area contributed by atoms with Crippen molar-refractivity contribution in [2.45, 2.75) is 13.0 Å². The Bertz CT molecular complexity index is 446. The highest BCUT2D eigenvalue weighted by Crippen LogP contribution is 2.25. The lowest BCUT2D eigenvalue weighted by Gasteiger charge is -2.33. The second-order valence-electron chi connectivity index (χ2n) is 3.95. The molecule has 1 atom stereocenters. The minimum absolute atomic E-state index is 0.0103. The molecule has 1 aliphatic heterocycles. The SMILES string of the molecule is C[C@H]1CNCCN1C(=O)c1ccc([N+](=O)[O-])s1. The van der Waals surface area contributed by atoms with Gasteiger partial charge in [0.05, 0.1) is 9.80 Å². The van der Waals surface area contributed by atoms with Gasteiger partial charge in [0.1, 0.15) is 0 Å². The van der Waals surface area contributed by atoms with Crippen LogP contribution in [0.3, 0.4) is 0 Å². The van der Waals surface area contributed by atoms with Crippen LogP contribution in [-0.2, 0) is 0 Å². The first-order chi connectivity index (χ1) is 8.09. The summed E-state index contributed by atoms with van der Waals surface area (Å²) in [6.07, 6.45) is 0. The number of nitro groups is 1. The smallest absolute Gasteiger partial charge is 0.324 e. The Morgan fingerprint density at radius 1 is 1.65 bits per heavy atom. The lowest BCUT2D eigenvalue weighted by Crippen LogP contribution is -2.52. The van der Waals surface area contributed by atoms with Crippen LogP contribution in [0.1, 0.15) is 16.6 Å².